The number of carbonyl (C=O) groups is 2. The lowest BCUT2D eigenvalue weighted by Crippen LogP contribution is -2.39. The highest BCUT2D eigenvalue weighted by Gasteiger charge is 2.28. The van der Waals surface area contributed by atoms with Gasteiger partial charge in [-0.3, -0.25) is 14.5 Å². The molecule has 22 heavy (non-hydrogen) atoms. The lowest BCUT2D eigenvalue weighted by molar-refractivity contribution is -0.122. The van der Waals surface area contributed by atoms with E-state index in [1.54, 1.807) is 0 Å². The van der Waals surface area contributed by atoms with Crippen LogP contribution in [0.25, 0.3) is 0 Å². The Morgan fingerprint density at radius 3 is 2.91 bits per heavy atom. The first-order chi connectivity index (χ1) is 10.6. The molecule has 2 rings (SSSR count). The quantitative estimate of drug-likeness (QED) is 0.694. The molecule has 1 aliphatic heterocycles. The predicted molar refractivity (Wildman–Crippen MR) is 86.0 cm³/mol. The van der Waals surface area contributed by atoms with Crippen molar-refractivity contribution >= 4 is 17.5 Å². The molecule has 0 radical (unpaired) electrons. The summed E-state index contributed by atoms with van der Waals surface area (Å²) in [4.78, 5) is 25.3. The van der Waals surface area contributed by atoms with Gasteiger partial charge in [-0.1, -0.05) is 12.1 Å². The average Bonchev–Trinajstić information content (AvgIpc) is 2.94. The molecule has 1 aromatic carbocycles. The van der Waals surface area contributed by atoms with Crippen LogP contribution in [0.15, 0.2) is 24.3 Å². The first kappa shape index (κ1) is 16.5. The fourth-order valence-corrected chi connectivity index (χ4v) is 2.81. The Bertz CT molecular complexity index is 533. The Morgan fingerprint density at radius 1 is 1.36 bits per heavy atom. The Morgan fingerprint density at radius 2 is 2.18 bits per heavy atom. The molecule has 0 aromatic heterocycles. The number of hydrogen-bond donors (Lipinski definition) is 3. The van der Waals surface area contributed by atoms with Crippen molar-refractivity contribution in [2.24, 2.45) is 11.5 Å². The van der Waals surface area contributed by atoms with Crippen LogP contribution in [0.2, 0.25) is 0 Å². The molecular formula is C16H24N4O2. The summed E-state index contributed by atoms with van der Waals surface area (Å²) in [7, 11) is 0. The SMILES string of the molecule is NCCCC(=O)Nc1cccc(CN2CCCC2C(N)=O)c1. The van der Waals surface area contributed by atoms with E-state index in [2.05, 4.69) is 10.2 Å². The number of rotatable bonds is 7. The number of likely N-dealkylation sites (tertiary alicyclic amines) is 1. The summed E-state index contributed by atoms with van der Waals surface area (Å²) in [5.74, 6) is -0.289. The summed E-state index contributed by atoms with van der Waals surface area (Å²) in [5, 5.41) is 2.87. The molecule has 1 aromatic rings. The fourth-order valence-electron chi connectivity index (χ4n) is 2.81. The van der Waals surface area contributed by atoms with Crippen LogP contribution in [0.4, 0.5) is 5.69 Å². The number of primary amides is 1. The van der Waals surface area contributed by atoms with Gasteiger partial charge in [0.25, 0.3) is 0 Å². The third kappa shape index (κ3) is 4.54. The monoisotopic (exact) mass is 304 g/mol. The van der Waals surface area contributed by atoms with E-state index in [0.29, 0.717) is 25.9 Å². The van der Waals surface area contributed by atoms with Crippen LogP contribution in [-0.2, 0) is 16.1 Å². The Balaban J connectivity index is 1.96. The molecule has 5 N–H and O–H groups in total. The molecule has 6 nitrogen and oxygen atoms in total. The number of nitrogens with zero attached hydrogens (tertiary/aromatic N) is 1. The van der Waals surface area contributed by atoms with Gasteiger partial charge in [0, 0.05) is 18.7 Å². The first-order valence-corrected chi connectivity index (χ1v) is 7.72. The van der Waals surface area contributed by atoms with E-state index in [1.807, 2.05) is 24.3 Å². The average molecular weight is 304 g/mol. The van der Waals surface area contributed by atoms with Gasteiger partial charge in [0.15, 0.2) is 0 Å². The van der Waals surface area contributed by atoms with Crippen molar-refractivity contribution in [2.45, 2.75) is 38.3 Å². The molecule has 1 saturated heterocycles. The first-order valence-electron chi connectivity index (χ1n) is 7.72. The summed E-state index contributed by atoms with van der Waals surface area (Å²) in [5.41, 5.74) is 12.7. The summed E-state index contributed by atoms with van der Waals surface area (Å²) in [6.07, 6.45) is 2.92. The minimum atomic E-state index is -0.260. The van der Waals surface area contributed by atoms with Gasteiger partial charge in [-0.25, -0.2) is 0 Å². The normalized spacial score (nSPS) is 18.3. The minimum Gasteiger partial charge on any atom is -0.368 e. The summed E-state index contributed by atoms with van der Waals surface area (Å²) in [6, 6.07) is 7.52. The van der Waals surface area contributed by atoms with E-state index in [9.17, 15) is 9.59 Å². The number of amides is 2. The highest BCUT2D eigenvalue weighted by molar-refractivity contribution is 5.90. The second-order valence-electron chi connectivity index (χ2n) is 5.67. The van der Waals surface area contributed by atoms with Crippen LogP contribution >= 0.6 is 0 Å². The van der Waals surface area contributed by atoms with E-state index in [0.717, 1.165) is 30.6 Å². The van der Waals surface area contributed by atoms with E-state index < -0.39 is 0 Å². The van der Waals surface area contributed by atoms with Gasteiger partial charge < -0.3 is 16.8 Å². The number of nitrogens with one attached hydrogen (secondary N) is 1. The van der Waals surface area contributed by atoms with Gasteiger partial charge in [0.1, 0.15) is 0 Å². The smallest absolute Gasteiger partial charge is 0.234 e. The standard InChI is InChI=1S/C16H24N4O2/c17-8-2-7-15(21)19-13-5-1-4-12(10-13)11-20-9-3-6-14(20)16(18)22/h1,4-5,10,14H,2-3,6-9,11,17H2,(H2,18,22)(H,19,21). The van der Waals surface area contributed by atoms with Crippen molar-refractivity contribution in [3.8, 4) is 0 Å². The molecule has 120 valence electrons. The molecule has 2 amide bonds. The molecule has 0 aliphatic carbocycles. The maximum absolute atomic E-state index is 11.7. The summed E-state index contributed by atoms with van der Waals surface area (Å²) in [6.45, 7) is 2.05. The van der Waals surface area contributed by atoms with Crippen LogP contribution in [0, 0.1) is 0 Å². The molecule has 1 heterocycles. The lowest BCUT2D eigenvalue weighted by atomic mass is 10.1. The molecule has 1 aliphatic rings. The van der Waals surface area contributed by atoms with Gasteiger partial charge in [-0.15, -0.1) is 0 Å². The predicted octanol–water partition coefficient (Wildman–Crippen LogP) is 0.814. The van der Waals surface area contributed by atoms with E-state index in [1.165, 1.54) is 0 Å². The van der Waals surface area contributed by atoms with Crippen molar-refractivity contribution in [3.05, 3.63) is 29.8 Å². The van der Waals surface area contributed by atoms with Crippen LogP contribution in [-0.4, -0.2) is 35.8 Å². The van der Waals surface area contributed by atoms with Gasteiger partial charge >= 0.3 is 0 Å². The second-order valence-corrected chi connectivity index (χ2v) is 5.67. The molecule has 6 heteroatoms. The van der Waals surface area contributed by atoms with Crippen LogP contribution in [0.1, 0.15) is 31.2 Å². The Hall–Kier alpha value is -1.92. The van der Waals surface area contributed by atoms with Gasteiger partial charge in [-0.05, 0) is 50.0 Å². The second kappa shape index (κ2) is 7.91. The topological polar surface area (TPSA) is 101 Å². The zero-order valence-corrected chi connectivity index (χ0v) is 12.8. The fraction of sp³-hybridized carbons (Fsp3) is 0.500. The number of benzene rings is 1. The van der Waals surface area contributed by atoms with Crippen molar-refractivity contribution in [1.82, 2.24) is 4.90 Å². The molecule has 0 bridgehead atoms. The molecule has 0 saturated carbocycles. The summed E-state index contributed by atoms with van der Waals surface area (Å²) < 4.78 is 0. The Labute approximate surface area is 130 Å². The van der Waals surface area contributed by atoms with Crippen LogP contribution in [0.5, 0.6) is 0 Å². The van der Waals surface area contributed by atoms with Gasteiger partial charge in [0.05, 0.1) is 6.04 Å². The van der Waals surface area contributed by atoms with Gasteiger partial charge in [-0.2, -0.15) is 0 Å². The van der Waals surface area contributed by atoms with Crippen LogP contribution in [0.3, 0.4) is 0 Å². The van der Waals surface area contributed by atoms with E-state index >= 15 is 0 Å². The van der Waals surface area contributed by atoms with Crippen molar-refractivity contribution in [2.75, 3.05) is 18.4 Å². The molecular weight excluding hydrogens is 280 g/mol. The van der Waals surface area contributed by atoms with Crippen molar-refractivity contribution in [1.29, 1.82) is 0 Å². The third-order valence-corrected chi connectivity index (χ3v) is 3.90. The van der Waals surface area contributed by atoms with Gasteiger partial charge in [0.2, 0.25) is 11.8 Å². The molecule has 1 atom stereocenters. The zero-order valence-electron chi connectivity index (χ0n) is 12.8. The maximum Gasteiger partial charge on any atom is 0.234 e. The highest BCUT2D eigenvalue weighted by atomic mass is 16.2. The highest BCUT2D eigenvalue weighted by Crippen LogP contribution is 2.21. The maximum atomic E-state index is 11.7. The number of nitrogens with two attached hydrogens (primary N) is 2. The van der Waals surface area contributed by atoms with Crippen LogP contribution < -0.4 is 16.8 Å². The Kier molecular flexibility index (Phi) is 5.91. The number of hydrogen-bond acceptors (Lipinski definition) is 4. The molecule has 1 fully saturated rings. The van der Waals surface area contributed by atoms with E-state index in [-0.39, 0.29) is 17.9 Å². The summed E-state index contributed by atoms with van der Waals surface area (Å²) >= 11 is 0. The lowest BCUT2D eigenvalue weighted by Gasteiger charge is -2.22. The zero-order chi connectivity index (χ0) is 15.9. The van der Waals surface area contributed by atoms with Crippen molar-refractivity contribution < 1.29 is 9.59 Å². The van der Waals surface area contributed by atoms with Crippen molar-refractivity contribution in [3.63, 3.8) is 0 Å². The van der Waals surface area contributed by atoms with E-state index in [4.69, 9.17) is 11.5 Å². The molecule has 0 spiro atoms. The third-order valence-electron chi connectivity index (χ3n) is 3.90. The number of anilines is 1. The minimum absolute atomic E-state index is 0.0289. The number of carbonyl (C=O) groups excluding carboxylic acids is 2. The molecule has 1 unspecified atom stereocenters. The largest absolute Gasteiger partial charge is 0.368 e.